The Morgan fingerprint density at radius 3 is 2.57 bits per heavy atom. The molecule has 0 heterocycles. The molecule has 72 valence electrons. The summed E-state index contributed by atoms with van der Waals surface area (Å²) >= 11 is 1.48. The van der Waals surface area contributed by atoms with Gasteiger partial charge < -0.3 is 5.11 Å². The van der Waals surface area contributed by atoms with Crippen LogP contribution in [0.1, 0.15) is 6.92 Å². The van der Waals surface area contributed by atoms with Gasteiger partial charge in [0.05, 0.1) is 0 Å². The van der Waals surface area contributed by atoms with Crippen LogP contribution in [0.15, 0.2) is 47.4 Å². The van der Waals surface area contributed by atoms with Crippen LogP contribution in [0, 0.1) is 0 Å². The monoisotopic (exact) mass is 204 g/mol. The largest absolute Gasteiger partial charge is 0.382 e. The van der Waals surface area contributed by atoms with Crippen molar-refractivity contribution < 1.29 is 5.11 Å². The summed E-state index contributed by atoms with van der Waals surface area (Å²) in [7, 11) is 0. The van der Waals surface area contributed by atoms with E-state index >= 15 is 0 Å². The maximum atomic E-state index is 9.33. The Balaban J connectivity index is 2.53. The Labute approximate surface area is 87.8 Å². The lowest BCUT2D eigenvalue weighted by atomic mass is 10.1. The van der Waals surface area contributed by atoms with Gasteiger partial charge in [-0.15, -0.1) is 0 Å². The van der Waals surface area contributed by atoms with Gasteiger partial charge >= 0.3 is 0 Å². The molecule has 0 radical (unpaired) electrons. The van der Waals surface area contributed by atoms with Crippen molar-refractivity contribution in [1.82, 2.24) is 0 Å². The molecule has 2 rings (SSSR count). The second-order valence-electron chi connectivity index (χ2n) is 3.19. The number of benzene rings is 2. The molecule has 0 bridgehead atoms. The molecule has 0 aliphatic rings. The van der Waals surface area contributed by atoms with Gasteiger partial charge in [-0.1, -0.05) is 48.2 Å². The highest BCUT2D eigenvalue weighted by Gasteiger charge is 2.03. The second kappa shape index (κ2) is 4.03. The first kappa shape index (κ1) is 9.56. The van der Waals surface area contributed by atoms with E-state index in [-0.39, 0.29) is 5.44 Å². The van der Waals surface area contributed by atoms with Crippen molar-refractivity contribution in [1.29, 1.82) is 0 Å². The van der Waals surface area contributed by atoms with Crippen LogP contribution in [0.4, 0.5) is 0 Å². The molecule has 1 unspecified atom stereocenters. The zero-order valence-electron chi connectivity index (χ0n) is 7.97. The molecule has 14 heavy (non-hydrogen) atoms. The zero-order valence-corrected chi connectivity index (χ0v) is 8.79. The molecule has 0 aliphatic heterocycles. The first-order valence-corrected chi connectivity index (χ1v) is 5.48. The van der Waals surface area contributed by atoms with Crippen LogP contribution in [0.2, 0.25) is 0 Å². The molecule has 0 spiro atoms. The highest BCUT2D eigenvalue weighted by molar-refractivity contribution is 8.00. The van der Waals surface area contributed by atoms with E-state index < -0.39 is 0 Å². The first-order valence-electron chi connectivity index (χ1n) is 4.60. The lowest BCUT2D eigenvalue weighted by Gasteiger charge is -2.07. The zero-order chi connectivity index (χ0) is 9.97. The molecule has 0 saturated heterocycles. The average molecular weight is 204 g/mol. The van der Waals surface area contributed by atoms with Gasteiger partial charge in [0.2, 0.25) is 0 Å². The van der Waals surface area contributed by atoms with Gasteiger partial charge in [0.25, 0.3) is 0 Å². The minimum absolute atomic E-state index is 0.360. The van der Waals surface area contributed by atoms with Gasteiger partial charge in [-0.3, -0.25) is 0 Å². The predicted molar refractivity (Wildman–Crippen MR) is 61.5 cm³/mol. The molecular weight excluding hydrogens is 192 g/mol. The van der Waals surface area contributed by atoms with Crippen LogP contribution in [0.3, 0.4) is 0 Å². The maximum Gasteiger partial charge on any atom is 0.101 e. The molecule has 2 aromatic carbocycles. The smallest absolute Gasteiger partial charge is 0.101 e. The SMILES string of the molecule is CC(O)Sc1cccc2ccccc12. The van der Waals surface area contributed by atoms with E-state index in [1.54, 1.807) is 6.92 Å². The fourth-order valence-electron chi connectivity index (χ4n) is 1.48. The number of aliphatic hydroxyl groups is 1. The number of hydrogen-bond donors (Lipinski definition) is 1. The molecule has 0 saturated carbocycles. The quantitative estimate of drug-likeness (QED) is 0.598. The van der Waals surface area contributed by atoms with Crippen LogP contribution in [-0.2, 0) is 0 Å². The standard InChI is InChI=1S/C12H12OS/c1-9(13)14-12-8-4-6-10-5-2-3-7-11(10)12/h2-9,13H,1H3. The topological polar surface area (TPSA) is 20.2 Å². The molecule has 0 amide bonds. The maximum absolute atomic E-state index is 9.33. The number of fused-ring (bicyclic) bond motifs is 1. The van der Waals surface area contributed by atoms with Gasteiger partial charge in [0.15, 0.2) is 0 Å². The second-order valence-corrected chi connectivity index (χ2v) is 4.55. The Morgan fingerprint density at radius 2 is 1.79 bits per heavy atom. The fraction of sp³-hybridized carbons (Fsp3) is 0.167. The molecular formula is C12H12OS. The Morgan fingerprint density at radius 1 is 1.07 bits per heavy atom. The summed E-state index contributed by atoms with van der Waals surface area (Å²) in [5.41, 5.74) is -0.360. The Hall–Kier alpha value is -0.990. The summed E-state index contributed by atoms with van der Waals surface area (Å²) in [5, 5.41) is 11.8. The van der Waals surface area contributed by atoms with Gasteiger partial charge in [-0.2, -0.15) is 0 Å². The minimum Gasteiger partial charge on any atom is -0.382 e. The van der Waals surface area contributed by atoms with Crippen LogP contribution in [-0.4, -0.2) is 10.5 Å². The average Bonchev–Trinajstić information content (AvgIpc) is 2.18. The molecule has 0 aliphatic carbocycles. The van der Waals surface area contributed by atoms with E-state index in [0.29, 0.717) is 0 Å². The lowest BCUT2D eigenvalue weighted by molar-refractivity contribution is 0.284. The predicted octanol–water partition coefficient (Wildman–Crippen LogP) is 3.27. The summed E-state index contributed by atoms with van der Waals surface area (Å²) in [4.78, 5) is 1.14. The third-order valence-electron chi connectivity index (χ3n) is 2.05. The molecule has 0 fully saturated rings. The van der Waals surface area contributed by atoms with Crippen LogP contribution >= 0.6 is 11.8 Å². The lowest BCUT2D eigenvalue weighted by Crippen LogP contribution is -1.91. The van der Waals surface area contributed by atoms with Gasteiger partial charge in [0, 0.05) is 4.90 Å². The minimum atomic E-state index is -0.360. The van der Waals surface area contributed by atoms with Crippen LogP contribution in [0.25, 0.3) is 10.8 Å². The van der Waals surface area contributed by atoms with Gasteiger partial charge in [-0.05, 0) is 23.8 Å². The number of hydrogen-bond acceptors (Lipinski definition) is 2. The van der Waals surface area contributed by atoms with Crippen molar-refractivity contribution in [2.45, 2.75) is 17.3 Å². The summed E-state index contributed by atoms with van der Waals surface area (Å²) in [5.74, 6) is 0. The molecule has 2 heteroatoms. The fourth-order valence-corrected chi connectivity index (χ4v) is 2.32. The van der Waals surface area contributed by atoms with Gasteiger partial charge in [-0.25, -0.2) is 0 Å². The summed E-state index contributed by atoms with van der Waals surface area (Å²) < 4.78 is 0. The van der Waals surface area contributed by atoms with Crippen molar-refractivity contribution >= 4 is 22.5 Å². The van der Waals surface area contributed by atoms with Crippen molar-refractivity contribution in [2.75, 3.05) is 0 Å². The highest BCUT2D eigenvalue weighted by atomic mass is 32.2. The molecule has 1 nitrogen and oxygen atoms in total. The van der Waals surface area contributed by atoms with Crippen LogP contribution < -0.4 is 0 Å². The third kappa shape index (κ3) is 1.91. The van der Waals surface area contributed by atoms with Crippen molar-refractivity contribution in [3.63, 3.8) is 0 Å². The summed E-state index contributed by atoms with van der Waals surface area (Å²) in [6, 6.07) is 14.4. The molecule has 1 N–H and O–H groups in total. The Bertz CT molecular complexity index is 432. The van der Waals surface area contributed by atoms with E-state index in [0.717, 1.165) is 4.90 Å². The van der Waals surface area contributed by atoms with E-state index in [1.165, 1.54) is 22.5 Å². The van der Waals surface area contributed by atoms with E-state index in [4.69, 9.17) is 0 Å². The van der Waals surface area contributed by atoms with Gasteiger partial charge in [0.1, 0.15) is 5.44 Å². The van der Waals surface area contributed by atoms with E-state index in [1.807, 2.05) is 24.3 Å². The first-order chi connectivity index (χ1) is 6.77. The molecule has 0 aromatic heterocycles. The van der Waals surface area contributed by atoms with Crippen molar-refractivity contribution in [3.8, 4) is 0 Å². The molecule has 2 aromatic rings. The summed E-state index contributed by atoms with van der Waals surface area (Å²) in [6.07, 6.45) is 0. The molecule has 1 atom stereocenters. The van der Waals surface area contributed by atoms with Crippen molar-refractivity contribution in [3.05, 3.63) is 42.5 Å². The van der Waals surface area contributed by atoms with E-state index in [9.17, 15) is 5.11 Å². The number of rotatable bonds is 2. The Kier molecular flexibility index (Phi) is 2.75. The van der Waals surface area contributed by atoms with Crippen LogP contribution in [0.5, 0.6) is 0 Å². The van der Waals surface area contributed by atoms with Crippen molar-refractivity contribution in [2.24, 2.45) is 0 Å². The highest BCUT2D eigenvalue weighted by Crippen LogP contribution is 2.29. The number of thioether (sulfide) groups is 1. The normalized spacial score (nSPS) is 13.0. The third-order valence-corrected chi connectivity index (χ3v) is 3.00. The summed E-state index contributed by atoms with van der Waals surface area (Å²) in [6.45, 7) is 1.78. The number of aliphatic hydroxyl groups excluding tert-OH is 1. The van der Waals surface area contributed by atoms with E-state index in [2.05, 4.69) is 18.2 Å².